The van der Waals surface area contributed by atoms with E-state index in [0.29, 0.717) is 13.2 Å². The van der Waals surface area contributed by atoms with Gasteiger partial charge in [-0.25, -0.2) is 0 Å². The summed E-state index contributed by atoms with van der Waals surface area (Å²) < 4.78 is 16.2. The highest BCUT2D eigenvalue weighted by Gasteiger charge is 2.48. The summed E-state index contributed by atoms with van der Waals surface area (Å²) in [5, 5.41) is 0. The fourth-order valence-electron chi connectivity index (χ4n) is 1.43. The highest BCUT2D eigenvalue weighted by Crippen LogP contribution is 2.41. The van der Waals surface area contributed by atoms with Gasteiger partial charge in [-0.1, -0.05) is 12.1 Å². The fourth-order valence-corrected chi connectivity index (χ4v) is 1.43. The molecule has 0 bridgehead atoms. The van der Waals surface area contributed by atoms with Gasteiger partial charge in [0.15, 0.2) is 11.5 Å². The summed E-state index contributed by atoms with van der Waals surface area (Å²) in [6, 6.07) is 7.67. The van der Waals surface area contributed by atoms with Gasteiger partial charge in [-0.15, -0.1) is 0 Å². The summed E-state index contributed by atoms with van der Waals surface area (Å²) in [4.78, 5) is 0. The van der Waals surface area contributed by atoms with Crippen LogP contribution in [0.5, 0.6) is 11.5 Å². The van der Waals surface area contributed by atoms with Gasteiger partial charge in [-0.2, -0.15) is 0 Å². The zero-order valence-electron chi connectivity index (χ0n) is 6.45. The van der Waals surface area contributed by atoms with Crippen LogP contribution in [0.25, 0.3) is 0 Å². The second kappa shape index (κ2) is 1.93. The molecule has 0 amide bonds. The van der Waals surface area contributed by atoms with Crippen molar-refractivity contribution < 1.29 is 14.2 Å². The van der Waals surface area contributed by atoms with Crippen molar-refractivity contribution in [3.63, 3.8) is 0 Å². The SMILES string of the molecule is c1ccc2c(c1)OC1(COC1)O2. The predicted octanol–water partition coefficient (Wildman–Crippen LogP) is 1.18. The zero-order valence-corrected chi connectivity index (χ0v) is 6.45. The monoisotopic (exact) mass is 164 g/mol. The molecule has 1 fully saturated rings. The molecule has 0 atom stereocenters. The molecule has 0 unspecified atom stereocenters. The molecule has 3 rings (SSSR count). The minimum atomic E-state index is -0.496. The van der Waals surface area contributed by atoms with Crippen molar-refractivity contribution in [2.24, 2.45) is 0 Å². The quantitative estimate of drug-likeness (QED) is 0.576. The van der Waals surface area contributed by atoms with Crippen LogP contribution < -0.4 is 9.47 Å². The van der Waals surface area contributed by atoms with Crippen LogP contribution in [0, 0.1) is 0 Å². The van der Waals surface area contributed by atoms with Crippen LogP contribution in [0.4, 0.5) is 0 Å². The van der Waals surface area contributed by atoms with Crippen molar-refractivity contribution >= 4 is 0 Å². The molecule has 2 aliphatic heterocycles. The lowest BCUT2D eigenvalue weighted by atomic mass is 10.2. The lowest BCUT2D eigenvalue weighted by Gasteiger charge is -2.34. The molecular weight excluding hydrogens is 156 g/mol. The molecule has 1 aromatic carbocycles. The number of benzene rings is 1. The van der Waals surface area contributed by atoms with Gasteiger partial charge < -0.3 is 14.2 Å². The number of hydrogen-bond donors (Lipinski definition) is 0. The fraction of sp³-hybridized carbons (Fsp3) is 0.333. The molecule has 0 N–H and O–H groups in total. The Balaban J connectivity index is 1.99. The van der Waals surface area contributed by atoms with E-state index in [1.165, 1.54) is 0 Å². The van der Waals surface area contributed by atoms with Crippen molar-refractivity contribution in [2.45, 2.75) is 5.79 Å². The van der Waals surface area contributed by atoms with Gasteiger partial charge in [-0.05, 0) is 12.1 Å². The molecule has 1 spiro atoms. The first-order valence-electron chi connectivity index (χ1n) is 3.93. The first kappa shape index (κ1) is 6.31. The normalized spacial score (nSPS) is 22.3. The Bertz CT molecular complexity index is 290. The van der Waals surface area contributed by atoms with E-state index < -0.39 is 5.79 Å². The summed E-state index contributed by atoms with van der Waals surface area (Å²) >= 11 is 0. The standard InChI is InChI=1S/C9H8O3/c1-2-4-8-7(3-1)11-9(12-8)5-10-6-9/h1-4H,5-6H2. The van der Waals surface area contributed by atoms with Gasteiger partial charge in [0.25, 0.3) is 5.79 Å². The van der Waals surface area contributed by atoms with E-state index >= 15 is 0 Å². The molecule has 0 aromatic heterocycles. The maximum absolute atomic E-state index is 5.58. The second-order valence-corrected chi connectivity index (χ2v) is 3.05. The smallest absolute Gasteiger partial charge is 0.298 e. The van der Waals surface area contributed by atoms with Gasteiger partial charge in [0, 0.05) is 0 Å². The van der Waals surface area contributed by atoms with E-state index in [1.54, 1.807) is 0 Å². The summed E-state index contributed by atoms with van der Waals surface area (Å²) in [5.74, 6) is 1.14. The zero-order chi connectivity index (χ0) is 8.02. The van der Waals surface area contributed by atoms with Crippen LogP contribution in [-0.4, -0.2) is 19.0 Å². The van der Waals surface area contributed by atoms with Gasteiger partial charge >= 0.3 is 0 Å². The van der Waals surface area contributed by atoms with E-state index in [9.17, 15) is 0 Å². The molecule has 1 aromatic rings. The van der Waals surface area contributed by atoms with Crippen molar-refractivity contribution in [2.75, 3.05) is 13.2 Å². The van der Waals surface area contributed by atoms with E-state index in [0.717, 1.165) is 11.5 Å². The van der Waals surface area contributed by atoms with Crippen molar-refractivity contribution in [1.29, 1.82) is 0 Å². The minimum Gasteiger partial charge on any atom is -0.444 e. The van der Waals surface area contributed by atoms with E-state index in [4.69, 9.17) is 14.2 Å². The highest BCUT2D eigenvalue weighted by atomic mass is 16.8. The topological polar surface area (TPSA) is 27.7 Å². The van der Waals surface area contributed by atoms with Crippen molar-refractivity contribution in [1.82, 2.24) is 0 Å². The molecule has 2 heterocycles. The van der Waals surface area contributed by atoms with E-state index in [1.807, 2.05) is 24.3 Å². The molecule has 0 aliphatic carbocycles. The van der Waals surface area contributed by atoms with Gasteiger partial charge in [0.05, 0.1) is 0 Å². The number of fused-ring (bicyclic) bond motifs is 1. The maximum atomic E-state index is 5.58. The molecular formula is C9H8O3. The Kier molecular flexibility index (Phi) is 1.01. The maximum Gasteiger partial charge on any atom is 0.298 e. The van der Waals surface area contributed by atoms with Crippen LogP contribution in [0.2, 0.25) is 0 Å². The lowest BCUT2D eigenvalue weighted by molar-refractivity contribution is -0.246. The van der Waals surface area contributed by atoms with Crippen molar-refractivity contribution in [3.05, 3.63) is 24.3 Å². The average molecular weight is 164 g/mol. The van der Waals surface area contributed by atoms with E-state index in [-0.39, 0.29) is 0 Å². The third-order valence-electron chi connectivity index (χ3n) is 2.09. The molecule has 1 saturated heterocycles. The predicted molar refractivity (Wildman–Crippen MR) is 41.2 cm³/mol. The Morgan fingerprint density at radius 3 is 2.00 bits per heavy atom. The third-order valence-corrected chi connectivity index (χ3v) is 2.09. The van der Waals surface area contributed by atoms with Gasteiger partial charge in [0.2, 0.25) is 0 Å². The Labute approximate surface area is 69.9 Å². The largest absolute Gasteiger partial charge is 0.444 e. The summed E-state index contributed by atoms with van der Waals surface area (Å²) in [6.45, 7) is 1.06. The Morgan fingerprint density at radius 1 is 1.00 bits per heavy atom. The highest BCUT2D eigenvalue weighted by molar-refractivity contribution is 5.43. The van der Waals surface area contributed by atoms with Crippen LogP contribution in [0.1, 0.15) is 0 Å². The van der Waals surface area contributed by atoms with Crippen LogP contribution in [-0.2, 0) is 4.74 Å². The Morgan fingerprint density at radius 2 is 1.58 bits per heavy atom. The first-order chi connectivity index (χ1) is 5.88. The second-order valence-electron chi connectivity index (χ2n) is 3.05. The Hall–Kier alpha value is -1.22. The molecule has 0 saturated carbocycles. The first-order valence-corrected chi connectivity index (χ1v) is 3.93. The molecule has 3 heteroatoms. The number of ether oxygens (including phenoxy) is 3. The van der Waals surface area contributed by atoms with Crippen LogP contribution in [0.3, 0.4) is 0 Å². The van der Waals surface area contributed by atoms with Crippen LogP contribution in [0.15, 0.2) is 24.3 Å². The number of hydrogen-bond acceptors (Lipinski definition) is 3. The molecule has 2 aliphatic rings. The van der Waals surface area contributed by atoms with Gasteiger partial charge in [0.1, 0.15) is 13.2 Å². The average Bonchev–Trinajstić information content (AvgIpc) is 2.42. The summed E-state index contributed by atoms with van der Waals surface area (Å²) in [7, 11) is 0. The van der Waals surface area contributed by atoms with Crippen LogP contribution >= 0.6 is 0 Å². The summed E-state index contributed by atoms with van der Waals surface area (Å²) in [6.07, 6.45) is 0. The van der Waals surface area contributed by atoms with Crippen molar-refractivity contribution in [3.8, 4) is 11.5 Å². The number of rotatable bonds is 0. The van der Waals surface area contributed by atoms with E-state index in [2.05, 4.69) is 0 Å². The van der Waals surface area contributed by atoms with Gasteiger partial charge in [-0.3, -0.25) is 0 Å². The molecule has 12 heavy (non-hydrogen) atoms. The minimum absolute atomic E-state index is 0.496. The third kappa shape index (κ3) is 0.689. The molecule has 3 nitrogen and oxygen atoms in total. The molecule has 0 radical (unpaired) electrons. The lowest BCUT2D eigenvalue weighted by Crippen LogP contribution is -2.56. The summed E-state index contributed by atoms with van der Waals surface area (Å²) in [5.41, 5.74) is 0. The number of para-hydroxylation sites is 2. The molecule has 62 valence electrons.